The molecule has 0 aromatic carbocycles. The van der Waals surface area contributed by atoms with Crippen molar-refractivity contribution in [1.82, 2.24) is 9.97 Å². The van der Waals surface area contributed by atoms with Gasteiger partial charge >= 0.3 is 0 Å². The number of hydrogen-bond donors (Lipinski definition) is 3. The molecule has 1 aliphatic rings. The fourth-order valence-electron chi connectivity index (χ4n) is 2.34. The molecular formula is C12H21N5O. The second kappa shape index (κ2) is 5.97. The average Bonchev–Trinajstić information content (AvgIpc) is 2.83. The minimum atomic E-state index is 0.368. The van der Waals surface area contributed by atoms with E-state index in [0.29, 0.717) is 18.0 Å². The molecule has 0 amide bonds. The highest BCUT2D eigenvalue weighted by Gasteiger charge is 2.26. The van der Waals surface area contributed by atoms with Crippen molar-refractivity contribution in [3.63, 3.8) is 0 Å². The highest BCUT2D eigenvalue weighted by atomic mass is 16.5. The number of ether oxygens (including phenoxy) is 1. The molecule has 1 fully saturated rings. The third-order valence-electron chi connectivity index (χ3n) is 3.28. The van der Waals surface area contributed by atoms with Crippen molar-refractivity contribution in [2.24, 2.45) is 11.8 Å². The Morgan fingerprint density at radius 2 is 2.33 bits per heavy atom. The van der Waals surface area contributed by atoms with Gasteiger partial charge in [-0.2, -0.15) is 4.98 Å². The summed E-state index contributed by atoms with van der Waals surface area (Å²) < 4.78 is 5.67. The SMILES string of the molecule is CCC1OCCC1CNc1cc(C)nc(NN)n1. The first kappa shape index (κ1) is 13.0. The van der Waals surface area contributed by atoms with E-state index in [1.807, 2.05) is 13.0 Å². The van der Waals surface area contributed by atoms with E-state index in [2.05, 4.69) is 27.6 Å². The summed E-state index contributed by atoms with van der Waals surface area (Å²) in [6, 6.07) is 1.91. The van der Waals surface area contributed by atoms with Crippen molar-refractivity contribution in [3.8, 4) is 0 Å². The van der Waals surface area contributed by atoms with Gasteiger partial charge in [0.15, 0.2) is 0 Å². The molecule has 0 radical (unpaired) electrons. The van der Waals surface area contributed by atoms with Crippen molar-refractivity contribution in [2.45, 2.75) is 32.8 Å². The smallest absolute Gasteiger partial charge is 0.239 e. The number of hydrogen-bond acceptors (Lipinski definition) is 6. The van der Waals surface area contributed by atoms with Crippen LogP contribution in [0.4, 0.5) is 11.8 Å². The van der Waals surface area contributed by atoms with E-state index in [1.165, 1.54) is 0 Å². The highest BCUT2D eigenvalue weighted by molar-refractivity contribution is 5.41. The minimum Gasteiger partial charge on any atom is -0.378 e. The van der Waals surface area contributed by atoms with Crippen molar-refractivity contribution < 1.29 is 4.74 Å². The summed E-state index contributed by atoms with van der Waals surface area (Å²) in [5, 5.41) is 3.34. The third-order valence-corrected chi connectivity index (χ3v) is 3.28. The zero-order valence-electron chi connectivity index (χ0n) is 10.9. The van der Waals surface area contributed by atoms with Crippen molar-refractivity contribution in [3.05, 3.63) is 11.8 Å². The molecule has 1 aromatic rings. The Balaban J connectivity index is 1.95. The van der Waals surface area contributed by atoms with Crippen LogP contribution in [0.15, 0.2) is 6.07 Å². The van der Waals surface area contributed by atoms with E-state index >= 15 is 0 Å². The van der Waals surface area contributed by atoms with Crippen LogP contribution in [0.25, 0.3) is 0 Å². The molecule has 6 heteroatoms. The fraction of sp³-hybridized carbons (Fsp3) is 0.667. The van der Waals surface area contributed by atoms with Gasteiger partial charge in [0, 0.05) is 30.8 Å². The van der Waals surface area contributed by atoms with Crippen LogP contribution >= 0.6 is 0 Å². The predicted molar refractivity (Wildman–Crippen MR) is 71.2 cm³/mol. The third kappa shape index (κ3) is 3.08. The zero-order chi connectivity index (χ0) is 13.0. The summed E-state index contributed by atoms with van der Waals surface area (Å²) in [5.41, 5.74) is 3.35. The topological polar surface area (TPSA) is 85.1 Å². The van der Waals surface area contributed by atoms with E-state index in [0.717, 1.165) is 37.5 Å². The number of anilines is 2. The van der Waals surface area contributed by atoms with Gasteiger partial charge in [-0.05, 0) is 19.8 Å². The second-order valence-corrected chi connectivity index (χ2v) is 4.61. The van der Waals surface area contributed by atoms with Crippen LogP contribution in [-0.2, 0) is 4.74 Å². The lowest BCUT2D eigenvalue weighted by Gasteiger charge is -2.17. The van der Waals surface area contributed by atoms with Gasteiger partial charge in [0.1, 0.15) is 5.82 Å². The first-order valence-electron chi connectivity index (χ1n) is 6.40. The van der Waals surface area contributed by atoms with Crippen LogP contribution in [0.1, 0.15) is 25.5 Å². The van der Waals surface area contributed by atoms with Crippen LogP contribution in [-0.4, -0.2) is 29.2 Å². The van der Waals surface area contributed by atoms with Crippen molar-refractivity contribution in [1.29, 1.82) is 0 Å². The predicted octanol–water partition coefficient (Wildman–Crippen LogP) is 1.30. The van der Waals surface area contributed by atoms with Crippen LogP contribution in [0.3, 0.4) is 0 Å². The number of rotatable bonds is 5. The molecule has 1 aliphatic heterocycles. The molecule has 0 bridgehead atoms. The van der Waals surface area contributed by atoms with Crippen LogP contribution in [0, 0.1) is 12.8 Å². The number of nitrogens with two attached hydrogens (primary N) is 1. The Kier molecular flexibility index (Phi) is 4.33. The number of aromatic nitrogens is 2. The fourth-order valence-corrected chi connectivity index (χ4v) is 2.34. The average molecular weight is 251 g/mol. The number of hydrazine groups is 1. The number of nitrogen functional groups attached to an aromatic ring is 1. The first-order valence-corrected chi connectivity index (χ1v) is 6.40. The van der Waals surface area contributed by atoms with Gasteiger partial charge in [-0.25, -0.2) is 10.8 Å². The monoisotopic (exact) mass is 251 g/mol. The lowest BCUT2D eigenvalue weighted by molar-refractivity contribution is 0.0900. The van der Waals surface area contributed by atoms with Gasteiger partial charge in [0.05, 0.1) is 6.10 Å². The van der Waals surface area contributed by atoms with Crippen molar-refractivity contribution in [2.75, 3.05) is 23.9 Å². The molecule has 100 valence electrons. The quantitative estimate of drug-likeness (QED) is 0.540. The molecule has 4 N–H and O–H groups in total. The summed E-state index contributed by atoms with van der Waals surface area (Å²) in [4.78, 5) is 8.42. The summed E-state index contributed by atoms with van der Waals surface area (Å²) in [5.74, 6) is 7.12. The van der Waals surface area contributed by atoms with Crippen LogP contribution in [0.2, 0.25) is 0 Å². The summed E-state index contributed by atoms with van der Waals surface area (Å²) in [6.07, 6.45) is 2.54. The molecule has 0 aliphatic carbocycles. The molecule has 6 nitrogen and oxygen atoms in total. The minimum absolute atomic E-state index is 0.368. The Bertz CT molecular complexity index is 398. The van der Waals surface area contributed by atoms with E-state index in [-0.39, 0.29) is 0 Å². The molecule has 2 atom stereocenters. The normalized spacial score (nSPS) is 23.1. The Labute approximate surface area is 107 Å². The van der Waals surface area contributed by atoms with Crippen molar-refractivity contribution >= 4 is 11.8 Å². The lowest BCUT2D eigenvalue weighted by Crippen LogP contribution is -2.23. The molecule has 0 spiro atoms. The maximum absolute atomic E-state index is 5.67. The molecule has 2 heterocycles. The van der Waals surface area contributed by atoms with Gasteiger partial charge in [-0.15, -0.1) is 0 Å². The highest BCUT2D eigenvalue weighted by Crippen LogP contribution is 2.23. The Hall–Kier alpha value is -1.40. The Morgan fingerprint density at radius 1 is 1.50 bits per heavy atom. The molecular weight excluding hydrogens is 230 g/mol. The second-order valence-electron chi connectivity index (χ2n) is 4.61. The van der Waals surface area contributed by atoms with E-state index in [4.69, 9.17) is 10.6 Å². The number of aryl methyl sites for hydroxylation is 1. The standard InChI is InChI=1S/C12H21N5O/c1-3-10-9(4-5-18-10)7-14-11-6-8(2)15-12(16-11)17-13/h6,9-10H,3-5,7,13H2,1-2H3,(H2,14,15,16,17). The van der Waals surface area contributed by atoms with E-state index in [9.17, 15) is 0 Å². The first-order chi connectivity index (χ1) is 8.72. The summed E-state index contributed by atoms with van der Waals surface area (Å²) in [7, 11) is 0. The van der Waals surface area contributed by atoms with Gasteiger partial charge in [-0.3, -0.25) is 5.43 Å². The summed E-state index contributed by atoms with van der Waals surface area (Å²) >= 11 is 0. The van der Waals surface area contributed by atoms with E-state index < -0.39 is 0 Å². The number of nitrogens with zero attached hydrogens (tertiary/aromatic N) is 2. The molecule has 18 heavy (non-hydrogen) atoms. The lowest BCUT2D eigenvalue weighted by atomic mass is 10.00. The molecule has 0 saturated carbocycles. The van der Waals surface area contributed by atoms with Gasteiger partial charge in [0.2, 0.25) is 5.95 Å². The zero-order valence-corrected chi connectivity index (χ0v) is 10.9. The number of nitrogens with one attached hydrogen (secondary N) is 2. The summed E-state index contributed by atoms with van der Waals surface area (Å²) in [6.45, 7) is 5.82. The van der Waals surface area contributed by atoms with Gasteiger partial charge < -0.3 is 10.1 Å². The Morgan fingerprint density at radius 3 is 3.06 bits per heavy atom. The molecule has 1 aromatic heterocycles. The van der Waals surface area contributed by atoms with Crippen LogP contribution in [0.5, 0.6) is 0 Å². The maximum atomic E-state index is 5.67. The van der Waals surface area contributed by atoms with Gasteiger partial charge in [-0.1, -0.05) is 6.92 Å². The largest absolute Gasteiger partial charge is 0.378 e. The molecule has 2 rings (SSSR count). The van der Waals surface area contributed by atoms with E-state index in [1.54, 1.807) is 0 Å². The molecule has 2 unspecified atom stereocenters. The molecule has 1 saturated heterocycles. The maximum Gasteiger partial charge on any atom is 0.239 e. The van der Waals surface area contributed by atoms with Gasteiger partial charge in [0.25, 0.3) is 0 Å². The van der Waals surface area contributed by atoms with Crippen LogP contribution < -0.4 is 16.6 Å².